The van der Waals surface area contributed by atoms with E-state index in [0.29, 0.717) is 45.9 Å². The Morgan fingerprint density at radius 3 is 1.23 bits per heavy atom. The third-order valence-corrected chi connectivity index (χ3v) is 7.90. The van der Waals surface area contributed by atoms with Crippen LogP contribution in [0.15, 0.2) is 91.0 Å². The summed E-state index contributed by atoms with van der Waals surface area (Å²) < 4.78 is 0. The predicted octanol–water partition coefficient (Wildman–Crippen LogP) is 6.69. The Kier molecular flexibility index (Phi) is 5.72. The van der Waals surface area contributed by atoms with Crippen LogP contribution in [0.25, 0.3) is 89.7 Å². The Balaban J connectivity index is 0.00000278. The molecule has 4 aromatic carbocycles. The summed E-state index contributed by atoms with van der Waals surface area (Å²) in [5, 5.41) is 3.63. The van der Waals surface area contributed by atoms with Crippen LogP contribution < -0.4 is 9.97 Å². The van der Waals surface area contributed by atoms with Gasteiger partial charge in [-0.3, -0.25) is 0 Å². The maximum absolute atomic E-state index is 5.02. The molecule has 0 spiro atoms. The summed E-state index contributed by atoms with van der Waals surface area (Å²) in [6.07, 6.45) is 0.899. The van der Waals surface area contributed by atoms with Crippen molar-refractivity contribution in [2.75, 3.05) is 0 Å². The number of fused-ring (bicyclic) bond motifs is 20. The summed E-state index contributed by atoms with van der Waals surface area (Å²) in [5.41, 5.74) is 7.03. The molecule has 0 unspecified atom stereocenters. The van der Waals surface area contributed by atoms with Crippen LogP contribution in [-0.2, 0) is 23.5 Å². The largest absolute Gasteiger partial charge is 2.00 e. The normalized spacial score (nSPS) is 11.7. The summed E-state index contributed by atoms with van der Waals surface area (Å²) in [4.78, 5) is 39.6. The Labute approximate surface area is 255 Å². The van der Waals surface area contributed by atoms with Gasteiger partial charge in [-0.25, -0.2) is 9.97 Å². The zero-order valence-corrected chi connectivity index (χ0v) is 23.7. The van der Waals surface area contributed by atoms with Crippen LogP contribution in [0.2, 0.25) is 0 Å². The monoisotopic (exact) mass is 603 g/mol. The molecule has 3 aromatic heterocycles. The van der Waals surface area contributed by atoms with Crippen molar-refractivity contribution in [1.29, 1.82) is 0 Å². The number of rotatable bonds is 1. The van der Waals surface area contributed by atoms with Crippen LogP contribution in [0.4, 0.5) is 0 Å². The maximum atomic E-state index is 5.02. The van der Waals surface area contributed by atoms with Crippen LogP contribution in [-0.4, -0.2) is 29.9 Å². The Bertz CT molecular complexity index is 2420. The summed E-state index contributed by atoms with van der Waals surface area (Å²) in [6.45, 7) is 2.14. The molecule has 43 heavy (non-hydrogen) atoms. The molecule has 5 heterocycles. The predicted molar refractivity (Wildman–Crippen MR) is 163 cm³/mol. The van der Waals surface area contributed by atoms with E-state index in [9.17, 15) is 0 Å². The molecule has 8 bridgehead atoms. The van der Waals surface area contributed by atoms with E-state index in [-0.39, 0.29) is 17.1 Å². The molecule has 9 heteroatoms. The van der Waals surface area contributed by atoms with Crippen molar-refractivity contribution in [2.24, 2.45) is 0 Å². The molecule has 207 valence electrons. The zero-order valence-electron chi connectivity index (χ0n) is 22.7. The average Bonchev–Trinajstić information content (AvgIpc) is 3.76. The second-order valence-corrected chi connectivity index (χ2v) is 10.4. The molecule has 0 saturated heterocycles. The Morgan fingerprint density at radius 1 is 0.442 bits per heavy atom. The van der Waals surface area contributed by atoms with Gasteiger partial charge in [-0.05, 0) is 33.5 Å². The first kappa shape index (κ1) is 25.5. The van der Waals surface area contributed by atoms with Gasteiger partial charge in [0.15, 0.2) is 0 Å². The molecule has 0 saturated carbocycles. The number of aryl methyl sites for hydroxylation is 1. The van der Waals surface area contributed by atoms with E-state index in [1.807, 2.05) is 72.8 Å². The van der Waals surface area contributed by atoms with E-state index in [4.69, 9.17) is 39.9 Å². The van der Waals surface area contributed by atoms with Gasteiger partial charge in [-0.15, -0.1) is 0 Å². The molecule has 9 rings (SSSR count). The first-order valence-corrected chi connectivity index (χ1v) is 13.9. The van der Waals surface area contributed by atoms with Gasteiger partial charge in [-0.2, -0.15) is 0 Å². The van der Waals surface area contributed by atoms with Crippen LogP contribution in [0, 0.1) is 0 Å². The fourth-order valence-electron chi connectivity index (χ4n) is 5.78. The van der Waals surface area contributed by atoms with Crippen LogP contribution in [0.1, 0.15) is 12.5 Å². The van der Waals surface area contributed by atoms with E-state index >= 15 is 0 Å². The average molecular weight is 604 g/mol. The number of nitrogens with zero attached hydrogens (tertiary/aromatic N) is 8. The number of aromatic nitrogens is 8. The van der Waals surface area contributed by atoms with Gasteiger partial charge in [-0.1, -0.05) is 97.9 Å². The third kappa shape index (κ3) is 3.90. The van der Waals surface area contributed by atoms with Crippen molar-refractivity contribution < 1.29 is 17.1 Å². The van der Waals surface area contributed by atoms with Gasteiger partial charge in [0.25, 0.3) is 0 Å². The van der Waals surface area contributed by atoms with Crippen LogP contribution in [0.3, 0.4) is 0 Å². The molecule has 1 radical (unpaired) electrons. The van der Waals surface area contributed by atoms with Crippen molar-refractivity contribution in [2.45, 2.75) is 13.3 Å². The maximum Gasteiger partial charge on any atom is 2.00 e. The van der Waals surface area contributed by atoms with Crippen molar-refractivity contribution in [3.8, 4) is 45.6 Å². The number of hydrogen-bond donors (Lipinski definition) is 0. The van der Waals surface area contributed by atoms with Gasteiger partial charge < -0.3 is 29.9 Å². The topological polar surface area (TPSA) is 106 Å². The van der Waals surface area contributed by atoms with E-state index < -0.39 is 0 Å². The minimum absolute atomic E-state index is 0. The summed E-state index contributed by atoms with van der Waals surface area (Å²) in [5.74, 6) is 2.23. The molecule has 2 aliphatic heterocycles. The fraction of sp³-hybridized carbons (Fsp3) is 0.0588. The Morgan fingerprint density at radius 2 is 0.814 bits per heavy atom. The third-order valence-electron chi connectivity index (χ3n) is 7.90. The zero-order chi connectivity index (χ0) is 27.8. The molecular formula is C34H20CuN8. The standard InChI is InChI=1S/C34H20N8.Cu/c1-2-18-15-16-25-26(17-18)34-41-32-24-14-8-7-13-23(24)30(39-32)37-28-20-10-4-3-9-19(20)27(35-28)36-29-21-11-5-6-12-22(21)31(38-29)40-33(25)42-34;/h3-17H,2H2,1H3;/q-2;+2. The molecule has 0 aliphatic carbocycles. The molecule has 2 aliphatic rings. The number of hydrogen-bond acceptors (Lipinski definition) is 6. The molecule has 8 nitrogen and oxygen atoms in total. The van der Waals surface area contributed by atoms with Crippen molar-refractivity contribution in [3.63, 3.8) is 0 Å². The first-order valence-electron chi connectivity index (χ1n) is 13.9. The molecule has 0 fully saturated rings. The van der Waals surface area contributed by atoms with Gasteiger partial charge in [0.05, 0.1) is 23.3 Å². The fourth-order valence-corrected chi connectivity index (χ4v) is 5.78. The molecule has 0 amide bonds. The Hall–Kier alpha value is -5.24. The van der Waals surface area contributed by atoms with Crippen LogP contribution in [0.5, 0.6) is 0 Å². The minimum atomic E-state index is 0. The van der Waals surface area contributed by atoms with E-state index in [1.54, 1.807) is 0 Å². The molecule has 7 aromatic rings. The van der Waals surface area contributed by atoms with E-state index in [1.165, 1.54) is 5.56 Å². The van der Waals surface area contributed by atoms with Crippen molar-refractivity contribution in [3.05, 3.63) is 96.6 Å². The van der Waals surface area contributed by atoms with Gasteiger partial charge in [0.2, 0.25) is 0 Å². The van der Waals surface area contributed by atoms with Crippen molar-refractivity contribution >= 4 is 44.1 Å². The first-order chi connectivity index (χ1) is 20.7. The summed E-state index contributed by atoms with van der Waals surface area (Å²) in [6, 6.07) is 30.3. The number of benzene rings is 4. The summed E-state index contributed by atoms with van der Waals surface area (Å²) in [7, 11) is 0. The van der Waals surface area contributed by atoms with Crippen LogP contribution >= 0.6 is 0 Å². The second-order valence-electron chi connectivity index (χ2n) is 10.4. The van der Waals surface area contributed by atoms with E-state index in [0.717, 1.165) is 50.2 Å². The van der Waals surface area contributed by atoms with E-state index in [2.05, 4.69) is 25.1 Å². The summed E-state index contributed by atoms with van der Waals surface area (Å²) >= 11 is 0. The SMILES string of the molecule is CCc1ccc2c3nc4nc(nc5[n-]c(nc6nc(nc([n-]3)c2c1)-c1ccccc1-6)c1ccccc51)-c1ccccc1-4.[Cu+2]. The van der Waals surface area contributed by atoms with Gasteiger partial charge in [0, 0.05) is 44.8 Å². The molecule has 0 N–H and O–H groups in total. The van der Waals surface area contributed by atoms with Gasteiger partial charge in [0.1, 0.15) is 0 Å². The minimum Gasteiger partial charge on any atom is -0.357 e. The quantitative estimate of drug-likeness (QED) is 0.191. The molecular weight excluding hydrogens is 584 g/mol. The van der Waals surface area contributed by atoms with Gasteiger partial charge >= 0.3 is 17.1 Å². The molecule has 0 atom stereocenters. The smallest absolute Gasteiger partial charge is 0.357 e. The van der Waals surface area contributed by atoms with Crippen molar-refractivity contribution in [1.82, 2.24) is 39.9 Å². The second kappa shape index (κ2) is 9.66.